The van der Waals surface area contributed by atoms with E-state index in [9.17, 15) is 0 Å². The van der Waals surface area contributed by atoms with E-state index in [2.05, 4.69) is 34.3 Å². The number of hydrogen-bond donors (Lipinski definition) is 0. The van der Waals surface area contributed by atoms with Crippen molar-refractivity contribution in [3.63, 3.8) is 0 Å². The predicted molar refractivity (Wildman–Crippen MR) is 75.8 cm³/mol. The van der Waals surface area contributed by atoms with Crippen LogP contribution in [0.2, 0.25) is 0 Å². The Morgan fingerprint density at radius 3 is 1.75 bits per heavy atom. The third kappa shape index (κ3) is 1.16. The van der Waals surface area contributed by atoms with Gasteiger partial charge < -0.3 is 19.3 Å². The second-order valence-electron chi connectivity index (χ2n) is 5.07. The molecule has 0 fully saturated rings. The Bertz CT molecular complexity index is 668. The van der Waals surface area contributed by atoms with Crippen molar-refractivity contribution >= 4 is 11.4 Å². The molecular formula is C16H12N2O2. The summed E-state index contributed by atoms with van der Waals surface area (Å²) in [6, 6.07) is 16.1. The lowest BCUT2D eigenvalue weighted by Gasteiger charge is -2.45. The molecule has 0 bridgehead atoms. The molecular weight excluding hydrogens is 252 g/mol. The van der Waals surface area contributed by atoms with Gasteiger partial charge in [-0.15, -0.1) is 0 Å². The number of anilines is 2. The van der Waals surface area contributed by atoms with E-state index < -0.39 is 0 Å². The first-order valence-electron chi connectivity index (χ1n) is 6.68. The molecule has 2 aromatic rings. The highest BCUT2D eigenvalue weighted by atomic mass is 16.7. The molecule has 0 saturated carbocycles. The fourth-order valence-electron chi connectivity index (χ4n) is 3.10. The highest BCUT2D eigenvalue weighted by Crippen LogP contribution is 2.46. The minimum atomic E-state index is -0.324. The van der Waals surface area contributed by atoms with Gasteiger partial charge in [-0.05, 0) is 24.3 Å². The average Bonchev–Trinajstić information content (AvgIpc) is 2.94. The van der Waals surface area contributed by atoms with Crippen LogP contribution < -0.4 is 19.3 Å². The van der Waals surface area contributed by atoms with Crippen molar-refractivity contribution < 1.29 is 9.47 Å². The van der Waals surface area contributed by atoms with Crippen LogP contribution >= 0.6 is 0 Å². The number of ether oxygens (including phenoxy) is 2. The molecule has 0 N–H and O–H groups in total. The van der Waals surface area contributed by atoms with Crippen LogP contribution in [-0.4, -0.2) is 12.5 Å². The highest BCUT2D eigenvalue weighted by Gasteiger charge is 2.46. The second-order valence-corrected chi connectivity index (χ2v) is 5.07. The van der Waals surface area contributed by atoms with Crippen molar-refractivity contribution in [1.82, 2.24) is 0 Å². The van der Waals surface area contributed by atoms with Gasteiger partial charge in [0.1, 0.15) is 11.5 Å². The lowest BCUT2D eigenvalue weighted by molar-refractivity contribution is -0.0255. The minimum absolute atomic E-state index is 0.0276. The normalized spacial score (nSPS) is 24.4. The van der Waals surface area contributed by atoms with E-state index >= 15 is 0 Å². The summed E-state index contributed by atoms with van der Waals surface area (Å²) in [4.78, 5) is 4.42. The summed E-state index contributed by atoms with van der Waals surface area (Å²) in [7, 11) is 0. The van der Waals surface area contributed by atoms with Crippen molar-refractivity contribution in [3.05, 3.63) is 60.9 Å². The maximum Gasteiger partial charge on any atom is 0.280 e. The fourth-order valence-corrected chi connectivity index (χ4v) is 3.10. The van der Waals surface area contributed by atoms with Crippen LogP contribution in [0.1, 0.15) is 0 Å². The van der Waals surface area contributed by atoms with Crippen LogP contribution in [0.15, 0.2) is 60.9 Å². The van der Waals surface area contributed by atoms with E-state index in [0.29, 0.717) is 0 Å². The van der Waals surface area contributed by atoms with Gasteiger partial charge in [-0.1, -0.05) is 24.3 Å². The Hall–Kier alpha value is -2.62. The SMILES string of the molecule is C1=CN2c3ccccc3OC3Oc4ccccc4N1C32. The molecule has 0 amide bonds. The zero-order chi connectivity index (χ0) is 13.1. The molecule has 0 unspecified atom stereocenters. The van der Waals surface area contributed by atoms with Crippen molar-refractivity contribution in [2.24, 2.45) is 0 Å². The van der Waals surface area contributed by atoms with Gasteiger partial charge in [0, 0.05) is 12.4 Å². The van der Waals surface area contributed by atoms with Gasteiger partial charge in [-0.25, -0.2) is 0 Å². The zero-order valence-electron chi connectivity index (χ0n) is 10.6. The smallest absolute Gasteiger partial charge is 0.280 e. The molecule has 3 heterocycles. The van der Waals surface area contributed by atoms with E-state index in [0.717, 1.165) is 22.9 Å². The molecule has 2 aromatic carbocycles. The standard InChI is InChI=1S/C16H12N2O2/c1-3-7-13-11(5-1)17-9-10-18-12-6-2-4-8-14(12)20-16(19-13)15(17)18/h1-10,15-16H. The molecule has 0 aliphatic carbocycles. The van der Waals surface area contributed by atoms with Gasteiger partial charge in [0.05, 0.1) is 11.4 Å². The minimum Gasteiger partial charge on any atom is -0.449 e. The first-order chi connectivity index (χ1) is 9.92. The predicted octanol–water partition coefficient (Wildman–Crippen LogP) is 2.92. The van der Waals surface area contributed by atoms with E-state index in [4.69, 9.17) is 9.47 Å². The molecule has 4 heteroatoms. The summed E-state index contributed by atoms with van der Waals surface area (Å²) in [6.45, 7) is 0. The topological polar surface area (TPSA) is 24.9 Å². The van der Waals surface area contributed by atoms with Crippen molar-refractivity contribution in [2.45, 2.75) is 12.5 Å². The molecule has 5 rings (SSSR count). The van der Waals surface area contributed by atoms with Crippen LogP contribution in [0.25, 0.3) is 0 Å². The van der Waals surface area contributed by atoms with Gasteiger partial charge in [0.2, 0.25) is 0 Å². The molecule has 0 radical (unpaired) electrons. The van der Waals surface area contributed by atoms with Crippen LogP contribution in [0.3, 0.4) is 0 Å². The molecule has 0 aromatic heterocycles. The van der Waals surface area contributed by atoms with Gasteiger partial charge in [0.25, 0.3) is 6.29 Å². The molecule has 0 atom stereocenters. The third-order valence-corrected chi connectivity index (χ3v) is 3.97. The first kappa shape index (κ1) is 10.2. The van der Waals surface area contributed by atoms with E-state index in [1.165, 1.54) is 0 Å². The van der Waals surface area contributed by atoms with Gasteiger partial charge >= 0.3 is 0 Å². The molecule has 0 spiro atoms. The Labute approximate surface area is 116 Å². The molecule has 98 valence electrons. The Balaban J connectivity index is 1.69. The Kier molecular flexibility index (Phi) is 1.77. The molecule has 3 aliphatic heterocycles. The zero-order valence-corrected chi connectivity index (χ0v) is 10.6. The third-order valence-electron chi connectivity index (χ3n) is 3.97. The van der Waals surface area contributed by atoms with Gasteiger partial charge in [0.15, 0.2) is 6.17 Å². The quantitative estimate of drug-likeness (QED) is 0.730. The summed E-state index contributed by atoms with van der Waals surface area (Å²) in [5.74, 6) is 1.72. The van der Waals surface area contributed by atoms with Crippen molar-refractivity contribution in [2.75, 3.05) is 9.80 Å². The monoisotopic (exact) mass is 264 g/mol. The Morgan fingerprint density at radius 2 is 1.20 bits per heavy atom. The van der Waals surface area contributed by atoms with Crippen LogP contribution in [0, 0.1) is 0 Å². The van der Waals surface area contributed by atoms with Crippen LogP contribution in [0.4, 0.5) is 11.4 Å². The largest absolute Gasteiger partial charge is 0.449 e. The highest BCUT2D eigenvalue weighted by molar-refractivity contribution is 5.72. The summed E-state index contributed by atoms with van der Waals surface area (Å²) in [6.07, 6.45) is 3.88. The molecule has 4 nitrogen and oxygen atoms in total. The van der Waals surface area contributed by atoms with Crippen molar-refractivity contribution in [1.29, 1.82) is 0 Å². The maximum absolute atomic E-state index is 6.03. The number of benzene rings is 2. The average molecular weight is 264 g/mol. The summed E-state index contributed by atoms with van der Waals surface area (Å²) in [5, 5.41) is 0. The molecule has 0 saturated heterocycles. The van der Waals surface area contributed by atoms with E-state index in [1.807, 2.05) is 36.4 Å². The van der Waals surface area contributed by atoms with Crippen molar-refractivity contribution in [3.8, 4) is 11.5 Å². The number of rotatable bonds is 0. The summed E-state index contributed by atoms with van der Waals surface area (Å²) < 4.78 is 12.1. The number of para-hydroxylation sites is 4. The maximum atomic E-state index is 6.03. The van der Waals surface area contributed by atoms with Crippen LogP contribution in [0.5, 0.6) is 11.5 Å². The number of fused-ring (bicyclic) bond motifs is 4. The molecule has 20 heavy (non-hydrogen) atoms. The summed E-state index contributed by atoms with van der Waals surface area (Å²) >= 11 is 0. The Morgan fingerprint density at radius 1 is 0.700 bits per heavy atom. The number of hydrogen-bond acceptors (Lipinski definition) is 4. The number of nitrogens with zero attached hydrogens (tertiary/aromatic N) is 2. The van der Waals surface area contributed by atoms with E-state index in [-0.39, 0.29) is 12.5 Å². The van der Waals surface area contributed by atoms with Gasteiger partial charge in [-0.2, -0.15) is 0 Å². The molecule has 3 aliphatic rings. The summed E-state index contributed by atoms with van der Waals surface area (Å²) in [5.41, 5.74) is 2.16. The van der Waals surface area contributed by atoms with Crippen LogP contribution in [-0.2, 0) is 0 Å². The lowest BCUT2D eigenvalue weighted by atomic mass is 10.1. The first-order valence-corrected chi connectivity index (χ1v) is 6.68. The second kappa shape index (κ2) is 3.48. The fraction of sp³-hybridized carbons (Fsp3) is 0.125. The lowest BCUT2D eigenvalue weighted by Crippen LogP contribution is -2.57. The van der Waals surface area contributed by atoms with E-state index in [1.54, 1.807) is 0 Å². The van der Waals surface area contributed by atoms with Gasteiger partial charge in [-0.3, -0.25) is 0 Å².